The molecule has 4 rings (SSSR count). The van der Waals surface area contributed by atoms with Gasteiger partial charge in [-0.05, 0) is 74.5 Å². The fourth-order valence-corrected chi connectivity index (χ4v) is 6.59. The van der Waals surface area contributed by atoms with Gasteiger partial charge in [0.1, 0.15) is 11.9 Å². The van der Waals surface area contributed by atoms with Crippen LogP contribution in [0.2, 0.25) is 0 Å². The number of carbonyl (C=O) groups excluding carboxylic acids is 2. The summed E-state index contributed by atoms with van der Waals surface area (Å²) in [5.41, 5.74) is 0.122. The quantitative estimate of drug-likeness (QED) is 0.573. The maximum atomic E-state index is 12.4. The van der Waals surface area contributed by atoms with E-state index in [1.54, 1.807) is 0 Å². The number of hydrogen-bond donors (Lipinski definition) is 0. The summed E-state index contributed by atoms with van der Waals surface area (Å²) < 4.78 is 5.27. The topological polar surface area (TPSA) is 43.4 Å². The number of ether oxygens (including phenoxy) is 1. The first-order chi connectivity index (χ1) is 11.0. The summed E-state index contributed by atoms with van der Waals surface area (Å²) in [6.07, 6.45) is 12.2. The van der Waals surface area contributed by atoms with Crippen molar-refractivity contribution in [2.75, 3.05) is 0 Å². The molecule has 0 N–H and O–H groups in total. The van der Waals surface area contributed by atoms with E-state index >= 15 is 0 Å². The number of fused-ring (bicyclic) bond motifs is 5. The van der Waals surface area contributed by atoms with Crippen LogP contribution in [0.3, 0.4) is 0 Å². The SMILES string of the molecule is C[C@]12CC[C@@H](OC=O)C[C@@H]1CC[C@@H]1[C@@H]2C=C[C@]2(C)C(=O)CC[C@@H]12. The average Bonchev–Trinajstić information content (AvgIpc) is 2.84. The Kier molecular flexibility index (Phi) is 3.48. The predicted molar refractivity (Wildman–Crippen MR) is 87.6 cm³/mol. The maximum absolute atomic E-state index is 12.4. The third kappa shape index (κ3) is 2.08. The molecule has 0 aromatic rings. The molecule has 0 heterocycles. The van der Waals surface area contributed by atoms with Gasteiger partial charge in [0.2, 0.25) is 0 Å². The molecule has 3 nitrogen and oxygen atoms in total. The zero-order chi connectivity index (χ0) is 16.2. The second-order valence-corrected chi connectivity index (χ2v) is 8.81. The lowest BCUT2D eigenvalue weighted by molar-refractivity contribution is -0.142. The maximum Gasteiger partial charge on any atom is 0.293 e. The number of allylic oxidation sites excluding steroid dienone is 2. The van der Waals surface area contributed by atoms with Gasteiger partial charge in [-0.25, -0.2) is 0 Å². The number of Topliss-reactive ketones (excluding diaryl/α,β-unsaturated/α-hetero) is 1. The molecule has 3 saturated carbocycles. The first kappa shape index (κ1) is 15.4. The van der Waals surface area contributed by atoms with Crippen LogP contribution in [0.4, 0.5) is 0 Å². The Labute approximate surface area is 138 Å². The van der Waals surface area contributed by atoms with E-state index in [0.717, 1.165) is 32.1 Å². The van der Waals surface area contributed by atoms with Crippen LogP contribution in [-0.4, -0.2) is 18.4 Å². The second kappa shape index (κ2) is 5.19. The summed E-state index contributed by atoms with van der Waals surface area (Å²) in [5.74, 6) is 2.91. The van der Waals surface area contributed by atoms with Crippen molar-refractivity contribution in [1.29, 1.82) is 0 Å². The van der Waals surface area contributed by atoms with Crippen molar-refractivity contribution in [2.24, 2.45) is 34.5 Å². The van der Waals surface area contributed by atoms with Gasteiger partial charge in [0, 0.05) is 11.8 Å². The van der Waals surface area contributed by atoms with Gasteiger partial charge in [-0.15, -0.1) is 0 Å². The molecule has 4 aliphatic carbocycles. The highest BCUT2D eigenvalue weighted by molar-refractivity contribution is 5.89. The molecular formula is C20H28O3. The highest BCUT2D eigenvalue weighted by Crippen LogP contribution is 2.63. The summed E-state index contributed by atoms with van der Waals surface area (Å²) in [6.45, 7) is 5.24. The Balaban J connectivity index is 1.62. The molecule has 0 unspecified atom stereocenters. The molecule has 3 fully saturated rings. The van der Waals surface area contributed by atoms with E-state index in [2.05, 4.69) is 26.0 Å². The molecule has 4 aliphatic rings. The van der Waals surface area contributed by atoms with Crippen LogP contribution in [0, 0.1) is 34.5 Å². The fraction of sp³-hybridized carbons (Fsp3) is 0.800. The third-order valence-electron chi connectivity index (χ3n) is 8.02. The van der Waals surface area contributed by atoms with E-state index in [-0.39, 0.29) is 11.5 Å². The minimum Gasteiger partial charge on any atom is -0.465 e. The molecule has 23 heavy (non-hydrogen) atoms. The largest absolute Gasteiger partial charge is 0.465 e. The minimum absolute atomic E-state index is 0.119. The van der Waals surface area contributed by atoms with E-state index in [0.29, 0.717) is 41.3 Å². The number of hydrogen-bond acceptors (Lipinski definition) is 3. The molecule has 0 aromatic carbocycles. The Morgan fingerprint density at radius 1 is 1.22 bits per heavy atom. The molecule has 0 spiro atoms. The van der Waals surface area contributed by atoms with Gasteiger partial charge in [-0.1, -0.05) is 19.1 Å². The van der Waals surface area contributed by atoms with Gasteiger partial charge in [0.05, 0.1) is 0 Å². The van der Waals surface area contributed by atoms with E-state index in [4.69, 9.17) is 4.74 Å². The van der Waals surface area contributed by atoms with Crippen molar-refractivity contribution >= 4 is 12.3 Å². The fourth-order valence-electron chi connectivity index (χ4n) is 6.59. The van der Waals surface area contributed by atoms with Crippen LogP contribution in [0.1, 0.15) is 58.8 Å². The summed E-state index contributed by atoms with van der Waals surface area (Å²) in [7, 11) is 0. The number of carbonyl (C=O) groups is 2. The highest BCUT2D eigenvalue weighted by atomic mass is 16.5. The zero-order valence-electron chi connectivity index (χ0n) is 14.3. The lowest BCUT2D eigenvalue weighted by Crippen LogP contribution is -2.52. The minimum atomic E-state index is -0.192. The normalized spacial score (nSPS) is 51.6. The van der Waals surface area contributed by atoms with Gasteiger partial charge in [-0.2, -0.15) is 0 Å². The smallest absolute Gasteiger partial charge is 0.293 e. The first-order valence-electron chi connectivity index (χ1n) is 9.31. The number of ketones is 1. The summed E-state index contributed by atoms with van der Waals surface area (Å²) >= 11 is 0. The molecule has 7 atom stereocenters. The molecule has 0 saturated heterocycles. The Hall–Kier alpha value is -1.12. The van der Waals surface area contributed by atoms with E-state index in [9.17, 15) is 9.59 Å². The van der Waals surface area contributed by atoms with Crippen LogP contribution in [0.5, 0.6) is 0 Å². The van der Waals surface area contributed by atoms with Gasteiger partial charge in [0.25, 0.3) is 6.47 Å². The highest BCUT2D eigenvalue weighted by Gasteiger charge is 2.58. The lowest BCUT2D eigenvalue weighted by Gasteiger charge is -2.58. The van der Waals surface area contributed by atoms with Gasteiger partial charge < -0.3 is 4.74 Å². The standard InChI is InChI=1S/C20H28O3/c1-19-9-7-14(23-12-21)11-13(19)3-4-15-16-5-6-18(22)20(16,2)10-8-17(15)19/h8,10,12-17H,3-7,9,11H2,1-2H3/t13-,14+,15-,16-,17-,19-,20-/m0/s1. The molecular weight excluding hydrogens is 288 g/mol. The third-order valence-corrected chi connectivity index (χ3v) is 8.02. The predicted octanol–water partition coefficient (Wildman–Crippen LogP) is 3.92. The van der Waals surface area contributed by atoms with Crippen molar-refractivity contribution in [2.45, 2.75) is 64.9 Å². The van der Waals surface area contributed by atoms with Crippen molar-refractivity contribution < 1.29 is 14.3 Å². The Morgan fingerprint density at radius 2 is 2.04 bits per heavy atom. The van der Waals surface area contributed by atoms with Crippen LogP contribution in [0.25, 0.3) is 0 Å². The molecule has 126 valence electrons. The van der Waals surface area contributed by atoms with Crippen molar-refractivity contribution in [1.82, 2.24) is 0 Å². The van der Waals surface area contributed by atoms with Gasteiger partial charge in [-0.3, -0.25) is 9.59 Å². The van der Waals surface area contributed by atoms with Crippen LogP contribution in [-0.2, 0) is 14.3 Å². The van der Waals surface area contributed by atoms with Crippen LogP contribution in [0.15, 0.2) is 12.2 Å². The van der Waals surface area contributed by atoms with E-state index in [1.165, 1.54) is 12.8 Å². The van der Waals surface area contributed by atoms with E-state index in [1.807, 2.05) is 0 Å². The van der Waals surface area contributed by atoms with Crippen LogP contribution >= 0.6 is 0 Å². The Morgan fingerprint density at radius 3 is 2.83 bits per heavy atom. The van der Waals surface area contributed by atoms with E-state index < -0.39 is 0 Å². The molecule has 0 aliphatic heterocycles. The van der Waals surface area contributed by atoms with Crippen LogP contribution < -0.4 is 0 Å². The van der Waals surface area contributed by atoms with Gasteiger partial charge in [0.15, 0.2) is 0 Å². The van der Waals surface area contributed by atoms with Gasteiger partial charge >= 0.3 is 0 Å². The second-order valence-electron chi connectivity index (χ2n) is 8.81. The number of rotatable bonds is 2. The molecule has 3 heteroatoms. The monoisotopic (exact) mass is 316 g/mol. The Bertz CT molecular complexity index is 553. The first-order valence-corrected chi connectivity index (χ1v) is 9.31. The summed E-state index contributed by atoms with van der Waals surface area (Å²) in [6, 6.07) is 0. The molecule has 0 amide bonds. The van der Waals surface area contributed by atoms with Crippen molar-refractivity contribution in [3.63, 3.8) is 0 Å². The van der Waals surface area contributed by atoms with Crippen molar-refractivity contribution in [3.05, 3.63) is 12.2 Å². The molecule has 0 aromatic heterocycles. The summed E-state index contributed by atoms with van der Waals surface area (Å²) in [4.78, 5) is 23.0. The molecule has 0 radical (unpaired) electrons. The van der Waals surface area contributed by atoms with Crippen molar-refractivity contribution in [3.8, 4) is 0 Å². The zero-order valence-corrected chi connectivity index (χ0v) is 14.3. The molecule has 0 bridgehead atoms. The average molecular weight is 316 g/mol. The summed E-state index contributed by atoms with van der Waals surface area (Å²) in [5, 5.41) is 0. The lowest BCUT2D eigenvalue weighted by atomic mass is 9.47.